The number of likely N-dealkylation sites (N-methyl/N-ethyl adjacent to an activating group) is 3. The third-order valence-corrected chi connectivity index (χ3v) is 24.6. The van der Waals surface area contributed by atoms with Crippen molar-refractivity contribution in [2.24, 2.45) is 0 Å². The number of H-pyrrole nitrogens is 3. The molecule has 18 rings (SSSR count). The van der Waals surface area contributed by atoms with Gasteiger partial charge in [0.05, 0.1) is 72.5 Å². The monoisotopic (exact) mass is 1800 g/mol. The Hall–Kier alpha value is -11.2. The van der Waals surface area contributed by atoms with Crippen molar-refractivity contribution in [2.75, 3.05) is 159 Å². The summed E-state index contributed by atoms with van der Waals surface area (Å²) in [5.41, 5.74) is 3.57. The number of aryl methyl sites for hydroxylation is 1. The summed E-state index contributed by atoms with van der Waals surface area (Å²) in [7, 11) is 8.24. The summed E-state index contributed by atoms with van der Waals surface area (Å²) in [5, 5.41) is 24.5. The van der Waals surface area contributed by atoms with Crippen LogP contribution >= 0.6 is 69.6 Å². The van der Waals surface area contributed by atoms with E-state index < -0.39 is 11.6 Å². The van der Waals surface area contributed by atoms with Crippen LogP contribution in [0.1, 0.15) is 38.2 Å². The first kappa shape index (κ1) is 85.4. The fourth-order valence-corrected chi connectivity index (χ4v) is 17.0. The highest BCUT2D eigenvalue weighted by Crippen LogP contribution is 2.47. The SMILES string of the molecule is C=CC(=O)N1CCN(c2nc(N3CC(N(C)C)C3)nc3c(Oc4c(Cl)c(F)cc5[nH]ncc45)nc(Cl)cc23)CC1.C=CC(=O)N1CCN(c2nc(OC[C@@H]3CCCN3C)nc3c(Oc4c(Cl)c(C)cc5[nH]ncc45)nc(Cl)cc23)CC1.C=CC(=O)N1CCN(c2nc(OC[C@@H]3CCCN3C)nc3c(Oc4c(Cl)c(F)cc5[nH]ncc45)nc(Cl)cc23)C[C@H]1C. The number of amides is 3. The van der Waals surface area contributed by atoms with Gasteiger partial charge in [0.15, 0.2) is 17.2 Å². The minimum Gasteiger partial charge on any atom is -0.462 e. The van der Waals surface area contributed by atoms with Gasteiger partial charge in [-0.3, -0.25) is 29.7 Å². The molecule has 33 nitrogen and oxygen atoms in total. The average molecular weight is 1800 g/mol. The molecule has 6 saturated heterocycles. The van der Waals surface area contributed by atoms with E-state index in [1.165, 1.54) is 42.8 Å². The zero-order valence-corrected chi connectivity index (χ0v) is 72.4. The van der Waals surface area contributed by atoms with Crippen molar-refractivity contribution in [3.05, 3.63) is 141 Å². The summed E-state index contributed by atoms with van der Waals surface area (Å²) >= 11 is 38.9. The number of benzene rings is 3. The number of carbonyl (C=O) groups is 3. The lowest BCUT2D eigenvalue weighted by Crippen LogP contribution is -2.58. The molecule has 0 aliphatic carbocycles. The molecular weight excluding hydrogens is 1710 g/mol. The Morgan fingerprint density at radius 1 is 0.480 bits per heavy atom. The van der Waals surface area contributed by atoms with E-state index >= 15 is 0 Å². The molecule has 0 bridgehead atoms. The van der Waals surface area contributed by atoms with Gasteiger partial charge < -0.3 is 72.7 Å². The highest BCUT2D eigenvalue weighted by Gasteiger charge is 2.36. The second-order valence-corrected chi connectivity index (χ2v) is 33.1. The first-order valence-corrected chi connectivity index (χ1v) is 42.1. The van der Waals surface area contributed by atoms with Crippen molar-refractivity contribution in [3.8, 4) is 46.9 Å². The van der Waals surface area contributed by atoms with E-state index in [2.05, 4.69) is 119 Å². The van der Waals surface area contributed by atoms with Crippen LogP contribution in [0.5, 0.6) is 46.9 Å². The van der Waals surface area contributed by atoms with Crippen LogP contribution in [0.15, 0.2) is 93.0 Å². The number of nitrogens with one attached hydrogen (secondary N) is 3. The van der Waals surface area contributed by atoms with Gasteiger partial charge in [-0.15, -0.1) is 0 Å². The number of rotatable bonds is 20. The summed E-state index contributed by atoms with van der Waals surface area (Å²) in [5.74, 6) is 1.39. The normalized spacial score (nSPS) is 17.9. The van der Waals surface area contributed by atoms with Crippen LogP contribution in [-0.2, 0) is 14.4 Å². The molecule has 3 amide bonds. The molecule has 41 heteroatoms. The predicted molar refractivity (Wildman–Crippen MR) is 469 cm³/mol. The number of pyridine rings is 3. The molecule has 3 N–H and O–H groups in total. The smallest absolute Gasteiger partial charge is 0.319 e. The molecule has 3 aromatic carbocycles. The maximum atomic E-state index is 14.7. The third kappa shape index (κ3) is 17.8. The number of likely N-dealkylation sites (tertiary alicyclic amines) is 2. The van der Waals surface area contributed by atoms with E-state index in [-0.39, 0.29) is 103 Å². The van der Waals surface area contributed by atoms with Crippen LogP contribution in [0.2, 0.25) is 30.5 Å². The van der Waals surface area contributed by atoms with Crippen LogP contribution in [-0.4, -0.2) is 286 Å². The summed E-state index contributed by atoms with van der Waals surface area (Å²) in [6.45, 7) is 24.8. The Bertz CT molecular complexity index is 6110. The van der Waals surface area contributed by atoms with E-state index in [0.29, 0.717) is 185 Å². The maximum Gasteiger partial charge on any atom is 0.319 e. The van der Waals surface area contributed by atoms with E-state index in [1.807, 2.05) is 34.0 Å². The quantitative estimate of drug-likeness (QED) is 0.0471. The molecule has 3 atom stereocenters. The minimum absolute atomic E-state index is 0.00695. The van der Waals surface area contributed by atoms with E-state index in [9.17, 15) is 23.2 Å². The average Bonchev–Trinajstić information content (AvgIpc) is 0.935. The molecular formula is C82H85Cl6F2N25O8. The fraction of sp³-hybridized carbons (Fsp3) is 0.378. The molecule has 123 heavy (non-hydrogen) atoms. The van der Waals surface area contributed by atoms with E-state index in [0.717, 1.165) is 62.9 Å². The second kappa shape index (κ2) is 36.3. The lowest BCUT2D eigenvalue weighted by atomic mass is 10.1. The van der Waals surface area contributed by atoms with Crippen LogP contribution < -0.4 is 43.3 Å². The Labute approximate surface area is 733 Å². The Morgan fingerprint density at radius 2 is 0.878 bits per heavy atom. The van der Waals surface area contributed by atoms with Crippen LogP contribution in [0.3, 0.4) is 0 Å². The van der Waals surface area contributed by atoms with Gasteiger partial charge in [0.2, 0.25) is 41.3 Å². The summed E-state index contributed by atoms with van der Waals surface area (Å²) in [4.78, 5) is 99.2. The molecule has 0 radical (unpaired) electrons. The van der Waals surface area contributed by atoms with Gasteiger partial charge in [-0.05, 0) is 129 Å². The molecule has 6 aliphatic rings. The first-order chi connectivity index (χ1) is 59.3. The number of ether oxygens (including phenoxy) is 5. The maximum absolute atomic E-state index is 14.7. The number of halogens is 8. The van der Waals surface area contributed by atoms with Crippen molar-refractivity contribution in [1.82, 2.24) is 105 Å². The van der Waals surface area contributed by atoms with Gasteiger partial charge in [-0.25, -0.2) is 13.8 Å². The van der Waals surface area contributed by atoms with Crippen molar-refractivity contribution in [1.29, 1.82) is 0 Å². The van der Waals surface area contributed by atoms with Crippen LogP contribution in [0, 0.1) is 18.6 Å². The number of hydrogen-bond acceptors (Lipinski definition) is 27. The molecule has 12 aromatic rings. The first-order valence-electron chi connectivity index (χ1n) is 39.8. The number of carbonyl (C=O) groups excluding carboxylic acids is 3. The molecule has 6 aliphatic heterocycles. The topological polar surface area (TPSA) is 332 Å². The highest BCUT2D eigenvalue weighted by atomic mass is 35.5. The van der Waals surface area contributed by atoms with Gasteiger partial charge in [0, 0.05) is 121 Å². The highest BCUT2D eigenvalue weighted by molar-refractivity contribution is 6.35. The van der Waals surface area contributed by atoms with E-state index in [4.69, 9.17) is 118 Å². The number of anilines is 4. The third-order valence-electron chi connectivity index (χ3n) is 22.9. The van der Waals surface area contributed by atoms with Crippen molar-refractivity contribution in [3.63, 3.8) is 0 Å². The minimum atomic E-state index is -0.685. The van der Waals surface area contributed by atoms with Gasteiger partial charge in [-0.1, -0.05) is 89.3 Å². The molecule has 642 valence electrons. The van der Waals surface area contributed by atoms with Crippen LogP contribution in [0.4, 0.5) is 32.2 Å². The summed E-state index contributed by atoms with van der Waals surface area (Å²) in [6, 6.07) is 10.6. The van der Waals surface area contributed by atoms with Crippen molar-refractivity contribution >= 4 is 176 Å². The molecule has 0 unspecified atom stereocenters. The summed E-state index contributed by atoms with van der Waals surface area (Å²) < 4.78 is 60.4. The second-order valence-electron chi connectivity index (χ2n) is 30.8. The van der Waals surface area contributed by atoms with Crippen molar-refractivity contribution < 1.29 is 46.8 Å². The molecule has 15 heterocycles. The van der Waals surface area contributed by atoms with Crippen LogP contribution in [0.25, 0.3) is 65.4 Å². The predicted octanol–water partition coefficient (Wildman–Crippen LogP) is 13.2. The number of aromatic nitrogens is 15. The fourth-order valence-electron chi connectivity index (χ4n) is 15.9. The van der Waals surface area contributed by atoms with Gasteiger partial charge in [-0.2, -0.15) is 55.2 Å². The zero-order valence-electron chi connectivity index (χ0n) is 67.8. The number of fused-ring (bicyclic) bond motifs is 6. The van der Waals surface area contributed by atoms with Gasteiger partial charge >= 0.3 is 12.0 Å². The number of aromatic amines is 3. The zero-order chi connectivity index (χ0) is 86.3. The lowest BCUT2D eigenvalue weighted by Gasteiger charge is -2.43. The Morgan fingerprint density at radius 3 is 1.28 bits per heavy atom. The molecule has 0 saturated carbocycles. The number of piperazine rings is 3. The largest absolute Gasteiger partial charge is 0.462 e. The van der Waals surface area contributed by atoms with Crippen molar-refractivity contribution in [2.45, 2.75) is 63.7 Å². The lowest BCUT2D eigenvalue weighted by molar-refractivity contribution is -0.128. The molecule has 6 fully saturated rings. The molecule has 9 aromatic heterocycles. The van der Waals surface area contributed by atoms with Gasteiger partial charge in [0.25, 0.3) is 0 Å². The van der Waals surface area contributed by atoms with E-state index in [1.54, 1.807) is 39.1 Å². The number of hydrogen-bond donors (Lipinski definition) is 3. The standard InChI is InChI=1S/C28H29Cl2FN8O3.C28H30Cl2N8O3.C26H26Cl2FN9O2/c1-4-22(40)39-9-8-38(13-15(39)2)26-17-10-21(29)33-27(42-25-18-12-32-36-20(18)11-19(31)23(25)30)24(17)34-28(35-26)41-14-16-6-5-7-37(16)3;1-4-22(39)37-8-10-38(11-9-37)26-18-13-21(29)32-27(41-25-19-14-31-35-20(19)12-16(2)23(25)30)24(18)33-28(34-26)40-15-17-6-5-7-36(17)3;1-4-20(39)36-5-7-37(8-6-36)24-15-9-19(27)31-25(22(15)32-26(33-24)38-12-14(13-38)35(2)3)40-23-16-11-30-34-18(16)10-17(29)21(23)28/h4,10-12,15-16H,1,5-9,13-14H2,2-3H3,(H,32,36);4,12-14,17H,1,5-11,15H2,2-3H3,(H,31,35);4,9-11,14H,1,5-8,12-13H2,2-3H3,(H,30,34)/t15-,16+;17-;/m10./s1. The number of nitrogens with zero attached hydrogens (tertiary/aromatic N) is 22. The Kier molecular flexibility index (Phi) is 25.2. The summed E-state index contributed by atoms with van der Waals surface area (Å²) in [6.07, 6.45) is 12.9. The van der Waals surface area contributed by atoms with Gasteiger partial charge in [0.1, 0.15) is 84.4 Å². The Balaban J connectivity index is 0.000000137. The molecule has 0 spiro atoms.